The molecule has 0 spiro atoms. The van der Waals surface area contributed by atoms with Crippen molar-refractivity contribution in [2.24, 2.45) is 0 Å². The van der Waals surface area contributed by atoms with Gasteiger partial charge in [-0.05, 0) is 56.0 Å². The summed E-state index contributed by atoms with van der Waals surface area (Å²) in [6.07, 6.45) is 10.6. The maximum absolute atomic E-state index is 11.9. The molecule has 32 heavy (non-hydrogen) atoms. The highest BCUT2D eigenvalue weighted by atomic mass is 35.5. The second kappa shape index (κ2) is 10.9. The molecular formula is C23H28ClN5O3. The van der Waals surface area contributed by atoms with E-state index in [1.165, 1.54) is 11.6 Å². The zero-order chi connectivity index (χ0) is 22.2. The Morgan fingerprint density at radius 3 is 2.84 bits per heavy atom. The van der Waals surface area contributed by atoms with Gasteiger partial charge in [0, 0.05) is 30.7 Å². The molecule has 4 rings (SSSR count). The molecule has 8 nitrogen and oxygen atoms in total. The number of anilines is 1. The van der Waals surface area contributed by atoms with Gasteiger partial charge in [0.1, 0.15) is 5.82 Å². The number of hydroxylamine groups is 1. The van der Waals surface area contributed by atoms with Gasteiger partial charge >= 0.3 is 0 Å². The second-order valence-electron chi connectivity index (χ2n) is 8.18. The number of hydrogen-bond donors (Lipinski definition) is 3. The van der Waals surface area contributed by atoms with E-state index in [2.05, 4.69) is 38.2 Å². The summed E-state index contributed by atoms with van der Waals surface area (Å²) in [4.78, 5) is 26.1. The maximum Gasteiger partial charge on any atom is 0.267 e. The summed E-state index contributed by atoms with van der Waals surface area (Å²) in [6, 6.07) is 7.94. The average Bonchev–Trinajstić information content (AvgIpc) is 3.27. The lowest BCUT2D eigenvalue weighted by atomic mass is 9.90. The Balaban J connectivity index is 1.31. The quantitative estimate of drug-likeness (QED) is 0.414. The fraction of sp³-hybridized carbons (Fsp3) is 0.435. The first-order valence-electron chi connectivity index (χ1n) is 10.9. The number of hydrogen-bond acceptors (Lipinski definition) is 7. The summed E-state index contributed by atoms with van der Waals surface area (Å²) >= 11 is 6.02. The van der Waals surface area contributed by atoms with Gasteiger partial charge in [0.25, 0.3) is 5.91 Å². The van der Waals surface area contributed by atoms with Gasteiger partial charge in [0.15, 0.2) is 6.29 Å². The molecule has 0 aliphatic carbocycles. The summed E-state index contributed by atoms with van der Waals surface area (Å²) < 4.78 is 5.41. The van der Waals surface area contributed by atoms with Gasteiger partial charge in [-0.1, -0.05) is 23.7 Å². The number of halogens is 1. The van der Waals surface area contributed by atoms with E-state index in [1.54, 1.807) is 18.5 Å². The summed E-state index contributed by atoms with van der Waals surface area (Å²) in [6.45, 7) is 2.44. The monoisotopic (exact) mass is 457 g/mol. The highest BCUT2D eigenvalue weighted by Gasteiger charge is 2.34. The molecule has 2 aromatic rings. The fourth-order valence-corrected chi connectivity index (χ4v) is 4.05. The van der Waals surface area contributed by atoms with Crippen molar-refractivity contribution in [3.05, 3.63) is 59.0 Å². The van der Waals surface area contributed by atoms with Gasteiger partial charge in [-0.2, -0.15) is 0 Å². The van der Waals surface area contributed by atoms with E-state index in [1.807, 2.05) is 12.1 Å². The van der Waals surface area contributed by atoms with E-state index in [9.17, 15) is 4.79 Å². The maximum atomic E-state index is 11.9. The number of amides is 1. The Labute approximate surface area is 192 Å². The highest BCUT2D eigenvalue weighted by Crippen LogP contribution is 2.26. The minimum absolute atomic E-state index is 0.141. The predicted molar refractivity (Wildman–Crippen MR) is 123 cm³/mol. The molecule has 9 heteroatoms. The number of aromatic nitrogens is 2. The fourth-order valence-electron chi connectivity index (χ4n) is 3.92. The van der Waals surface area contributed by atoms with Crippen molar-refractivity contribution in [1.82, 2.24) is 20.8 Å². The van der Waals surface area contributed by atoms with Crippen molar-refractivity contribution in [1.29, 1.82) is 0 Å². The van der Waals surface area contributed by atoms with Crippen molar-refractivity contribution < 1.29 is 14.4 Å². The lowest BCUT2D eigenvalue weighted by Gasteiger charge is -2.30. The number of nitrogens with zero attached hydrogens (tertiary/aromatic N) is 2. The lowest BCUT2D eigenvalue weighted by molar-refractivity contribution is -0.198. The summed E-state index contributed by atoms with van der Waals surface area (Å²) in [7, 11) is 0. The molecule has 0 bridgehead atoms. The van der Waals surface area contributed by atoms with E-state index in [4.69, 9.17) is 21.2 Å². The molecule has 2 atom stereocenters. The number of nitrogens with one attached hydrogen (secondary N) is 3. The van der Waals surface area contributed by atoms with Gasteiger partial charge in [-0.3, -0.25) is 9.78 Å². The van der Waals surface area contributed by atoms with Gasteiger partial charge < -0.3 is 15.4 Å². The molecule has 170 valence electrons. The highest BCUT2D eigenvalue weighted by molar-refractivity contribution is 6.30. The van der Waals surface area contributed by atoms with Crippen LogP contribution in [0.1, 0.15) is 36.9 Å². The molecule has 1 aromatic heterocycles. The van der Waals surface area contributed by atoms with Crippen LogP contribution in [0.5, 0.6) is 0 Å². The topological polar surface area (TPSA) is 97.4 Å². The molecule has 2 aliphatic heterocycles. The van der Waals surface area contributed by atoms with Crippen LogP contribution in [0.25, 0.3) is 6.08 Å². The second-order valence-corrected chi connectivity index (χ2v) is 8.61. The van der Waals surface area contributed by atoms with Crippen molar-refractivity contribution in [2.45, 2.75) is 43.9 Å². The molecule has 1 aromatic carbocycles. The van der Waals surface area contributed by atoms with E-state index in [-0.39, 0.29) is 17.7 Å². The molecule has 0 radical (unpaired) electrons. The number of carbonyl (C=O) groups is 1. The number of benzene rings is 1. The molecule has 3 heterocycles. The molecule has 1 unspecified atom stereocenters. The Hall–Kier alpha value is -2.52. The predicted octanol–water partition coefficient (Wildman–Crippen LogP) is 3.10. The van der Waals surface area contributed by atoms with Crippen LogP contribution in [-0.2, 0) is 20.8 Å². The van der Waals surface area contributed by atoms with E-state index < -0.39 is 0 Å². The van der Waals surface area contributed by atoms with Crippen LogP contribution in [0, 0.1) is 0 Å². The number of ether oxygens (including phenoxy) is 1. The summed E-state index contributed by atoms with van der Waals surface area (Å²) in [5, 5.41) is 7.73. The summed E-state index contributed by atoms with van der Waals surface area (Å²) in [5.41, 5.74) is 4.04. The smallest absolute Gasteiger partial charge is 0.267 e. The standard InChI is InChI=1S/C23H28ClN5O3/c24-18-6-4-17(5-7-18)13-23(10-11-25-16-23)28-20-15-26-19(14-27-20)8-9-21(30)29-32-22-3-1-2-12-31-22/h4-9,14-15,22,25H,1-3,10-13,16H2,(H,27,28)(H,29,30)/b9-8+/t22?,23-/m0/s1. The van der Waals surface area contributed by atoms with Crippen LogP contribution in [-0.4, -0.2) is 47.4 Å². The van der Waals surface area contributed by atoms with E-state index in [0.717, 1.165) is 50.2 Å². The van der Waals surface area contributed by atoms with Gasteiger partial charge in [0.2, 0.25) is 0 Å². The minimum atomic E-state index is -0.378. The molecule has 2 aliphatic rings. The molecule has 0 saturated carbocycles. The van der Waals surface area contributed by atoms with Gasteiger partial charge in [-0.25, -0.2) is 15.3 Å². The van der Waals surface area contributed by atoms with Crippen LogP contribution in [0.2, 0.25) is 5.02 Å². The van der Waals surface area contributed by atoms with Crippen molar-refractivity contribution in [3.8, 4) is 0 Å². The molecule has 1 amide bonds. The van der Waals surface area contributed by atoms with Crippen molar-refractivity contribution in [3.63, 3.8) is 0 Å². The van der Waals surface area contributed by atoms with Crippen molar-refractivity contribution in [2.75, 3.05) is 25.0 Å². The normalized spacial score (nSPS) is 23.3. The molecule has 2 fully saturated rings. The van der Waals surface area contributed by atoms with Crippen LogP contribution in [0.15, 0.2) is 42.7 Å². The lowest BCUT2D eigenvalue weighted by Crippen LogP contribution is -2.43. The first kappa shape index (κ1) is 22.7. The molecular weight excluding hydrogens is 430 g/mol. The first-order chi connectivity index (χ1) is 15.6. The third-order valence-electron chi connectivity index (χ3n) is 5.60. The Bertz CT molecular complexity index is 908. The minimum Gasteiger partial charge on any atom is -0.362 e. The van der Waals surface area contributed by atoms with Crippen LogP contribution < -0.4 is 16.1 Å². The van der Waals surface area contributed by atoms with Crippen LogP contribution >= 0.6 is 11.6 Å². The van der Waals surface area contributed by atoms with Crippen LogP contribution in [0.3, 0.4) is 0 Å². The Morgan fingerprint density at radius 1 is 1.28 bits per heavy atom. The zero-order valence-corrected chi connectivity index (χ0v) is 18.6. The SMILES string of the molecule is O=C(/C=C/c1cnc(N[C@]2(Cc3ccc(Cl)cc3)CCNC2)cn1)NOC1CCCCO1. The average molecular weight is 458 g/mol. The van der Waals surface area contributed by atoms with E-state index >= 15 is 0 Å². The van der Waals surface area contributed by atoms with Crippen LogP contribution in [0.4, 0.5) is 5.82 Å². The first-order valence-corrected chi connectivity index (χ1v) is 11.3. The number of carbonyl (C=O) groups excluding carboxylic acids is 1. The van der Waals surface area contributed by atoms with E-state index in [0.29, 0.717) is 18.1 Å². The number of rotatable bonds is 8. The Morgan fingerprint density at radius 2 is 2.16 bits per heavy atom. The molecule has 2 saturated heterocycles. The van der Waals surface area contributed by atoms with Crippen molar-refractivity contribution >= 4 is 29.4 Å². The zero-order valence-electron chi connectivity index (χ0n) is 17.9. The van der Waals surface area contributed by atoms with Gasteiger partial charge in [-0.15, -0.1) is 0 Å². The summed E-state index contributed by atoms with van der Waals surface area (Å²) in [5.74, 6) is 0.323. The largest absolute Gasteiger partial charge is 0.362 e. The molecule has 3 N–H and O–H groups in total. The van der Waals surface area contributed by atoms with Gasteiger partial charge in [0.05, 0.1) is 23.6 Å². The Kier molecular flexibility index (Phi) is 7.70. The third-order valence-corrected chi connectivity index (χ3v) is 5.85. The third kappa shape index (κ3) is 6.49.